The molecule has 2 aliphatic heterocycles. The van der Waals surface area contributed by atoms with E-state index >= 15 is 4.39 Å². The number of nitrogens with one attached hydrogen (secondary N) is 3. The van der Waals surface area contributed by atoms with Gasteiger partial charge in [-0.2, -0.15) is 13.2 Å². The lowest BCUT2D eigenvalue weighted by atomic mass is 9.98. The van der Waals surface area contributed by atoms with Gasteiger partial charge in [-0.25, -0.2) is 4.39 Å². The summed E-state index contributed by atoms with van der Waals surface area (Å²) in [5.41, 5.74) is -1.05. The van der Waals surface area contributed by atoms with E-state index in [2.05, 4.69) is 22.2 Å². The summed E-state index contributed by atoms with van der Waals surface area (Å²) in [6.07, 6.45) is 0.0935. The van der Waals surface area contributed by atoms with Crippen molar-refractivity contribution in [2.75, 3.05) is 43.5 Å². The van der Waals surface area contributed by atoms with Crippen molar-refractivity contribution >= 4 is 22.9 Å². The SMILES string of the molecule is C=C(/C=C(\C)OC)N1CCC=C(c2cc(NC(=O)c3c[nH]c(=O)cc3C(F)(F)F)c(N3C[C@@H](C)N[C@@H](C)C3)cc2F)C1. The zero-order valence-electron chi connectivity index (χ0n) is 24.0. The summed E-state index contributed by atoms with van der Waals surface area (Å²) in [4.78, 5) is 30.9. The molecule has 1 saturated heterocycles. The van der Waals surface area contributed by atoms with Crippen LogP contribution < -0.4 is 21.1 Å². The summed E-state index contributed by atoms with van der Waals surface area (Å²) in [6, 6.07) is 3.21. The number of pyridine rings is 1. The van der Waals surface area contributed by atoms with Gasteiger partial charge in [-0.05, 0) is 51.0 Å². The third-order valence-electron chi connectivity index (χ3n) is 7.30. The van der Waals surface area contributed by atoms with Gasteiger partial charge < -0.3 is 30.2 Å². The van der Waals surface area contributed by atoms with Crippen molar-refractivity contribution in [2.24, 2.45) is 0 Å². The van der Waals surface area contributed by atoms with Crippen molar-refractivity contribution in [3.63, 3.8) is 0 Å². The number of amides is 1. The molecule has 12 heteroatoms. The van der Waals surface area contributed by atoms with Gasteiger partial charge in [0.25, 0.3) is 5.91 Å². The van der Waals surface area contributed by atoms with Crippen molar-refractivity contribution in [3.05, 3.63) is 87.4 Å². The summed E-state index contributed by atoms with van der Waals surface area (Å²) in [5, 5.41) is 5.97. The quantitative estimate of drug-likeness (QED) is 0.236. The lowest BCUT2D eigenvalue weighted by Gasteiger charge is -2.39. The molecule has 42 heavy (non-hydrogen) atoms. The molecule has 3 N–H and O–H groups in total. The summed E-state index contributed by atoms with van der Waals surface area (Å²) >= 11 is 0. The van der Waals surface area contributed by atoms with E-state index in [0.29, 0.717) is 61.4 Å². The molecular formula is C30H35F4N5O3. The van der Waals surface area contributed by atoms with Crippen molar-refractivity contribution in [3.8, 4) is 0 Å². The van der Waals surface area contributed by atoms with Gasteiger partial charge in [0.05, 0.1) is 35.4 Å². The summed E-state index contributed by atoms with van der Waals surface area (Å²) in [7, 11) is 1.55. The monoisotopic (exact) mass is 589 g/mol. The smallest absolute Gasteiger partial charge is 0.417 e. The van der Waals surface area contributed by atoms with Crippen LogP contribution in [0.15, 0.2) is 59.4 Å². The van der Waals surface area contributed by atoms with Gasteiger partial charge in [-0.15, -0.1) is 0 Å². The third kappa shape index (κ3) is 7.04. The number of methoxy groups -OCH3 is 1. The number of aromatic amines is 1. The highest BCUT2D eigenvalue weighted by Gasteiger charge is 2.36. The van der Waals surface area contributed by atoms with Crippen LogP contribution in [0.1, 0.15) is 48.7 Å². The van der Waals surface area contributed by atoms with Gasteiger partial charge >= 0.3 is 6.18 Å². The van der Waals surface area contributed by atoms with Crippen LogP contribution in [-0.2, 0) is 10.9 Å². The first-order valence-electron chi connectivity index (χ1n) is 13.6. The Balaban J connectivity index is 1.75. The molecule has 2 aromatic rings. The molecule has 0 radical (unpaired) electrons. The minimum absolute atomic E-state index is 0.0419. The molecule has 0 saturated carbocycles. The highest BCUT2D eigenvalue weighted by atomic mass is 19.4. The van der Waals surface area contributed by atoms with Crippen LogP contribution in [0.4, 0.5) is 28.9 Å². The number of hydrogen-bond acceptors (Lipinski definition) is 6. The number of piperazine rings is 1. The minimum Gasteiger partial charge on any atom is -0.501 e. The number of carbonyl (C=O) groups is 1. The standard InChI is InChI=1S/C30H35F4N5O3/c1-17-14-39(15-18(2)36-17)27-12-25(31)22(21-7-6-8-38(16-21)19(3)9-20(4)42-5)10-26(27)37-29(41)23-13-35-28(40)11-24(23)30(32,33)34/h7,9-13,17-18,36H,3,6,8,14-16H2,1-2,4-5H3,(H,35,40)(H,37,41)/b20-9+/t17-,18+. The van der Waals surface area contributed by atoms with Gasteiger partial charge in [-0.3, -0.25) is 9.59 Å². The molecule has 0 aliphatic carbocycles. The topological polar surface area (TPSA) is 89.7 Å². The number of carbonyl (C=O) groups excluding carboxylic acids is 1. The first-order chi connectivity index (χ1) is 19.8. The van der Waals surface area contributed by atoms with Gasteiger partial charge in [-0.1, -0.05) is 12.7 Å². The first kappa shape index (κ1) is 30.9. The van der Waals surface area contributed by atoms with Crippen LogP contribution >= 0.6 is 0 Å². The number of aromatic nitrogens is 1. The van der Waals surface area contributed by atoms with Crippen LogP contribution in [0.5, 0.6) is 0 Å². The first-order valence-corrected chi connectivity index (χ1v) is 13.6. The number of benzene rings is 1. The number of nitrogens with zero attached hydrogens (tertiary/aromatic N) is 2. The van der Waals surface area contributed by atoms with Crippen LogP contribution in [0.25, 0.3) is 5.57 Å². The second-order valence-corrected chi connectivity index (χ2v) is 10.7. The maximum Gasteiger partial charge on any atom is 0.417 e. The van der Waals surface area contributed by atoms with E-state index in [4.69, 9.17) is 4.74 Å². The second-order valence-electron chi connectivity index (χ2n) is 10.7. The van der Waals surface area contributed by atoms with Crippen LogP contribution in [-0.4, -0.2) is 61.2 Å². The Bertz CT molecular complexity index is 1470. The number of allylic oxidation sites excluding steroid dienone is 2. The maximum absolute atomic E-state index is 15.8. The van der Waals surface area contributed by atoms with E-state index in [1.165, 1.54) is 12.1 Å². The lowest BCUT2D eigenvalue weighted by molar-refractivity contribution is -0.138. The predicted octanol–water partition coefficient (Wildman–Crippen LogP) is 5.12. The van der Waals surface area contributed by atoms with Gasteiger partial charge in [0.1, 0.15) is 5.82 Å². The Morgan fingerprint density at radius 3 is 2.52 bits per heavy atom. The largest absolute Gasteiger partial charge is 0.501 e. The van der Waals surface area contributed by atoms with E-state index in [-0.39, 0.29) is 23.3 Å². The Kier molecular flexibility index (Phi) is 9.15. The molecule has 0 bridgehead atoms. The number of rotatable bonds is 7. The highest BCUT2D eigenvalue weighted by Crippen LogP contribution is 2.36. The maximum atomic E-state index is 15.8. The molecule has 2 aliphatic rings. The average Bonchev–Trinajstić information content (AvgIpc) is 2.92. The van der Waals surface area contributed by atoms with Gasteiger partial charge in [0.2, 0.25) is 5.56 Å². The highest BCUT2D eigenvalue weighted by molar-refractivity contribution is 6.07. The summed E-state index contributed by atoms with van der Waals surface area (Å²) < 4.78 is 62.2. The lowest BCUT2D eigenvalue weighted by Crippen LogP contribution is -2.54. The molecule has 1 aromatic heterocycles. The number of H-pyrrole nitrogens is 1. The molecule has 3 heterocycles. The molecule has 0 spiro atoms. The van der Waals surface area contributed by atoms with E-state index in [1.54, 1.807) is 20.1 Å². The van der Waals surface area contributed by atoms with Crippen LogP contribution in [0.3, 0.4) is 0 Å². The zero-order chi connectivity index (χ0) is 30.8. The predicted molar refractivity (Wildman–Crippen MR) is 155 cm³/mol. The number of ether oxygens (including phenoxy) is 1. The Hall–Kier alpha value is -4.06. The fourth-order valence-corrected chi connectivity index (χ4v) is 5.35. The molecule has 1 amide bonds. The van der Waals surface area contributed by atoms with Crippen molar-refractivity contribution < 1.29 is 27.1 Å². The number of alkyl halides is 3. The van der Waals surface area contributed by atoms with Gasteiger partial charge in [0.15, 0.2) is 0 Å². The Morgan fingerprint density at radius 2 is 1.88 bits per heavy atom. The molecule has 4 rings (SSSR count). The van der Waals surface area contributed by atoms with Crippen molar-refractivity contribution in [2.45, 2.75) is 45.5 Å². The van der Waals surface area contributed by atoms with Crippen molar-refractivity contribution in [1.29, 1.82) is 0 Å². The number of hydrogen-bond donors (Lipinski definition) is 3. The second kappa shape index (κ2) is 12.4. The van der Waals surface area contributed by atoms with Crippen LogP contribution in [0.2, 0.25) is 0 Å². The molecule has 1 fully saturated rings. The number of anilines is 2. The molecular weight excluding hydrogens is 554 g/mol. The van der Waals surface area contributed by atoms with E-state index in [0.717, 1.165) is 6.20 Å². The van der Waals surface area contributed by atoms with E-state index in [9.17, 15) is 22.8 Å². The molecule has 8 nitrogen and oxygen atoms in total. The zero-order valence-corrected chi connectivity index (χ0v) is 24.0. The van der Waals surface area contributed by atoms with E-state index in [1.807, 2.05) is 29.7 Å². The van der Waals surface area contributed by atoms with Gasteiger partial charge in [0, 0.05) is 61.8 Å². The fourth-order valence-electron chi connectivity index (χ4n) is 5.35. The molecule has 0 unspecified atom stereocenters. The third-order valence-corrected chi connectivity index (χ3v) is 7.30. The molecule has 2 atom stereocenters. The summed E-state index contributed by atoms with van der Waals surface area (Å²) in [5.74, 6) is -0.942. The number of halogens is 4. The Labute approximate surface area is 241 Å². The summed E-state index contributed by atoms with van der Waals surface area (Å²) in [6.45, 7) is 11.8. The normalized spacial score (nSPS) is 19.8. The van der Waals surface area contributed by atoms with E-state index < -0.39 is 34.6 Å². The minimum atomic E-state index is -4.94. The van der Waals surface area contributed by atoms with Crippen molar-refractivity contribution in [1.82, 2.24) is 15.2 Å². The van der Waals surface area contributed by atoms with Crippen LogP contribution in [0, 0.1) is 5.82 Å². The Morgan fingerprint density at radius 1 is 1.19 bits per heavy atom. The molecule has 1 aromatic carbocycles. The average molecular weight is 590 g/mol. The fraction of sp³-hybridized carbons (Fsp3) is 0.400. The molecule has 226 valence electrons.